The van der Waals surface area contributed by atoms with Crippen LogP contribution in [0.15, 0.2) is 28.8 Å². The van der Waals surface area contributed by atoms with E-state index in [-0.39, 0.29) is 0 Å². The minimum atomic E-state index is 0.620. The highest BCUT2D eigenvalue weighted by Crippen LogP contribution is 2.20. The van der Waals surface area contributed by atoms with Crippen molar-refractivity contribution in [3.05, 3.63) is 46.6 Å². The van der Waals surface area contributed by atoms with Gasteiger partial charge in [0.1, 0.15) is 0 Å². The third-order valence-corrected chi connectivity index (χ3v) is 4.11. The number of nitrogens with zero attached hydrogens (tertiary/aromatic N) is 2. The van der Waals surface area contributed by atoms with E-state index in [9.17, 15) is 0 Å². The molecule has 1 aromatic heterocycles. The van der Waals surface area contributed by atoms with Crippen molar-refractivity contribution in [3.8, 4) is 0 Å². The summed E-state index contributed by atoms with van der Waals surface area (Å²) in [5, 5.41) is 8.17. The fourth-order valence-corrected chi connectivity index (χ4v) is 2.79. The zero-order valence-corrected chi connectivity index (χ0v) is 12.1. The molecule has 0 unspecified atom stereocenters. The predicted molar refractivity (Wildman–Crippen MR) is 77.9 cm³/mol. The average Bonchev–Trinajstić information content (AvgIpc) is 2.90. The molecule has 1 aliphatic rings. The second-order valence-corrected chi connectivity index (χ2v) is 5.68. The first kappa shape index (κ1) is 13.6. The average molecular weight is 292 g/mol. The molecule has 0 atom stereocenters. The standard InChI is InChI=1S/C15H18ClN3O/c16-13-4-2-1-3-12(13)10-14-18-15(20-19-14)9-11-5-7-17-8-6-11/h1-4,11,17H,5-10H2. The Kier molecular flexibility index (Phi) is 4.33. The van der Waals surface area contributed by atoms with Crippen molar-refractivity contribution in [2.75, 3.05) is 13.1 Å². The molecule has 0 spiro atoms. The summed E-state index contributed by atoms with van der Waals surface area (Å²) in [5.41, 5.74) is 1.03. The maximum atomic E-state index is 6.14. The van der Waals surface area contributed by atoms with E-state index in [4.69, 9.17) is 16.1 Å². The Hall–Kier alpha value is -1.39. The Balaban J connectivity index is 1.63. The third-order valence-electron chi connectivity index (χ3n) is 3.74. The number of nitrogens with one attached hydrogen (secondary N) is 1. The molecule has 20 heavy (non-hydrogen) atoms. The second kappa shape index (κ2) is 6.37. The van der Waals surface area contributed by atoms with Crippen LogP contribution in [-0.2, 0) is 12.8 Å². The van der Waals surface area contributed by atoms with E-state index in [1.165, 1.54) is 12.8 Å². The first-order chi connectivity index (χ1) is 9.81. The molecule has 1 saturated heterocycles. The van der Waals surface area contributed by atoms with Crippen LogP contribution in [0, 0.1) is 5.92 Å². The van der Waals surface area contributed by atoms with Crippen molar-refractivity contribution >= 4 is 11.6 Å². The third kappa shape index (κ3) is 3.38. The van der Waals surface area contributed by atoms with Crippen molar-refractivity contribution < 1.29 is 4.52 Å². The van der Waals surface area contributed by atoms with Gasteiger partial charge >= 0.3 is 0 Å². The molecule has 4 nitrogen and oxygen atoms in total. The smallest absolute Gasteiger partial charge is 0.226 e. The van der Waals surface area contributed by atoms with Crippen molar-refractivity contribution in [2.45, 2.75) is 25.7 Å². The van der Waals surface area contributed by atoms with Gasteiger partial charge < -0.3 is 9.84 Å². The zero-order valence-electron chi connectivity index (χ0n) is 11.3. The fourth-order valence-electron chi connectivity index (χ4n) is 2.59. The molecule has 0 amide bonds. The summed E-state index contributed by atoms with van der Waals surface area (Å²) < 4.78 is 5.35. The van der Waals surface area contributed by atoms with Gasteiger partial charge in [-0.1, -0.05) is 35.0 Å². The molecule has 0 saturated carbocycles. The van der Waals surface area contributed by atoms with Gasteiger partial charge in [-0.3, -0.25) is 0 Å². The van der Waals surface area contributed by atoms with E-state index in [2.05, 4.69) is 15.5 Å². The summed E-state index contributed by atoms with van der Waals surface area (Å²) in [6.07, 6.45) is 3.87. The summed E-state index contributed by atoms with van der Waals surface area (Å²) in [5.74, 6) is 2.12. The van der Waals surface area contributed by atoms with Gasteiger partial charge in [0, 0.05) is 17.9 Å². The molecule has 1 fully saturated rings. The number of halogens is 1. The Bertz CT molecular complexity index is 564. The van der Waals surface area contributed by atoms with Crippen LogP contribution in [0.1, 0.15) is 30.1 Å². The Morgan fingerprint density at radius 3 is 2.85 bits per heavy atom. The summed E-state index contributed by atoms with van der Waals surface area (Å²) in [6, 6.07) is 7.76. The maximum absolute atomic E-state index is 6.14. The largest absolute Gasteiger partial charge is 0.339 e. The zero-order chi connectivity index (χ0) is 13.8. The topological polar surface area (TPSA) is 51.0 Å². The molecule has 1 aliphatic heterocycles. The van der Waals surface area contributed by atoms with Crippen LogP contribution in [0.25, 0.3) is 0 Å². The van der Waals surface area contributed by atoms with E-state index in [0.29, 0.717) is 18.2 Å². The molecule has 1 aromatic carbocycles. The monoisotopic (exact) mass is 291 g/mol. The van der Waals surface area contributed by atoms with E-state index in [1.807, 2.05) is 24.3 Å². The van der Waals surface area contributed by atoms with Gasteiger partial charge in [0.15, 0.2) is 5.82 Å². The SMILES string of the molecule is Clc1ccccc1Cc1noc(CC2CCNCC2)n1. The molecule has 106 valence electrons. The first-order valence-electron chi connectivity index (χ1n) is 7.07. The summed E-state index contributed by atoms with van der Waals surface area (Å²) in [6.45, 7) is 2.18. The van der Waals surface area contributed by atoms with Gasteiger partial charge in [-0.15, -0.1) is 0 Å². The van der Waals surface area contributed by atoms with E-state index in [0.717, 1.165) is 36.0 Å². The second-order valence-electron chi connectivity index (χ2n) is 5.27. The fraction of sp³-hybridized carbons (Fsp3) is 0.467. The molecule has 2 aromatic rings. The molecular formula is C15H18ClN3O. The number of hydrogen-bond donors (Lipinski definition) is 1. The van der Waals surface area contributed by atoms with E-state index in [1.54, 1.807) is 0 Å². The molecule has 1 N–H and O–H groups in total. The molecular weight excluding hydrogens is 274 g/mol. The normalized spacial score (nSPS) is 16.4. The predicted octanol–water partition coefficient (Wildman–Crippen LogP) is 2.86. The maximum Gasteiger partial charge on any atom is 0.226 e. The van der Waals surface area contributed by atoms with Gasteiger partial charge in [-0.05, 0) is 43.5 Å². The highest BCUT2D eigenvalue weighted by molar-refractivity contribution is 6.31. The van der Waals surface area contributed by atoms with E-state index >= 15 is 0 Å². The number of rotatable bonds is 4. The number of hydrogen-bond acceptors (Lipinski definition) is 4. The Morgan fingerprint density at radius 1 is 1.25 bits per heavy atom. The van der Waals surface area contributed by atoms with Gasteiger partial charge in [0.25, 0.3) is 0 Å². The quantitative estimate of drug-likeness (QED) is 0.941. The van der Waals surface area contributed by atoms with Crippen LogP contribution in [0.5, 0.6) is 0 Å². The summed E-state index contributed by atoms with van der Waals surface area (Å²) in [7, 11) is 0. The first-order valence-corrected chi connectivity index (χ1v) is 7.44. The molecule has 0 bridgehead atoms. The van der Waals surface area contributed by atoms with Crippen LogP contribution in [-0.4, -0.2) is 23.2 Å². The van der Waals surface area contributed by atoms with Gasteiger partial charge in [-0.2, -0.15) is 4.98 Å². The lowest BCUT2D eigenvalue weighted by Crippen LogP contribution is -2.28. The summed E-state index contributed by atoms with van der Waals surface area (Å²) >= 11 is 6.14. The van der Waals surface area contributed by atoms with Gasteiger partial charge in [-0.25, -0.2) is 0 Å². The molecule has 5 heteroatoms. The van der Waals surface area contributed by atoms with Crippen LogP contribution >= 0.6 is 11.6 Å². The lowest BCUT2D eigenvalue weighted by Gasteiger charge is -2.20. The van der Waals surface area contributed by atoms with Crippen molar-refractivity contribution in [1.29, 1.82) is 0 Å². The number of piperidine rings is 1. The lowest BCUT2D eigenvalue weighted by molar-refractivity contribution is 0.312. The highest BCUT2D eigenvalue weighted by atomic mass is 35.5. The molecule has 3 rings (SSSR count). The van der Waals surface area contributed by atoms with Crippen molar-refractivity contribution in [2.24, 2.45) is 5.92 Å². The lowest BCUT2D eigenvalue weighted by atomic mass is 9.95. The Morgan fingerprint density at radius 2 is 2.05 bits per heavy atom. The number of benzene rings is 1. The number of aromatic nitrogens is 2. The van der Waals surface area contributed by atoms with E-state index < -0.39 is 0 Å². The Labute approximate surface area is 123 Å². The van der Waals surface area contributed by atoms with Crippen molar-refractivity contribution in [3.63, 3.8) is 0 Å². The van der Waals surface area contributed by atoms with Crippen molar-refractivity contribution in [1.82, 2.24) is 15.5 Å². The van der Waals surface area contributed by atoms with Crippen LogP contribution in [0.3, 0.4) is 0 Å². The summed E-state index contributed by atoms with van der Waals surface area (Å²) in [4.78, 5) is 4.48. The van der Waals surface area contributed by atoms with Gasteiger partial charge in [0.2, 0.25) is 5.89 Å². The highest BCUT2D eigenvalue weighted by Gasteiger charge is 2.17. The molecule has 2 heterocycles. The van der Waals surface area contributed by atoms with Crippen LogP contribution in [0.2, 0.25) is 5.02 Å². The minimum Gasteiger partial charge on any atom is -0.339 e. The minimum absolute atomic E-state index is 0.620. The van der Waals surface area contributed by atoms with Crippen LogP contribution in [0.4, 0.5) is 0 Å². The van der Waals surface area contributed by atoms with Gasteiger partial charge in [0.05, 0.1) is 0 Å². The molecule has 0 aliphatic carbocycles. The molecule has 0 radical (unpaired) electrons. The van der Waals surface area contributed by atoms with Crippen LogP contribution < -0.4 is 5.32 Å².